The third-order valence-corrected chi connectivity index (χ3v) is 3.39. The molecule has 0 bridgehead atoms. The van der Waals surface area contributed by atoms with Crippen LogP contribution in [0.15, 0.2) is 24.3 Å². The molecule has 92 valence electrons. The summed E-state index contributed by atoms with van der Waals surface area (Å²) in [5, 5.41) is 10.6. The summed E-state index contributed by atoms with van der Waals surface area (Å²) in [5.74, 6) is 0. The average molecular weight is 235 g/mol. The lowest BCUT2D eigenvalue weighted by molar-refractivity contribution is -0.384. The summed E-state index contributed by atoms with van der Waals surface area (Å²) in [7, 11) is 0. The second-order valence-corrected chi connectivity index (χ2v) is 4.57. The molecule has 5 nitrogen and oxygen atoms in total. The molecular formula is C12H17N3O2. The molecule has 5 heteroatoms. The van der Waals surface area contributed by atoms with Crippen LogP contribution in [0.1, 0.15) is 24.9 Å². The number of benzene rings is 1. The summed E-state index contributed by atoms with van der Waals surface area (Å²) in [6.07, 6.45) is 1.03. The van der Waals surface area contributed by atoms with Crippen LogP contribution in [0.5, 0.6) is 0 Å². The van der Waals surface area contributed by atoms with Crippen molar-refractivity contribution >= 4 is 5.69 Å². The van der Waals surface area contributed by atoms with E-state index in [2.05, 4.69) is 11.8 Å². The molecule has 1 aromatic rings. The number of nitro benzene ring substituents is 1. The molecule has 0 radical (unpaired) electrons. The standard InChI is InChI=1S/C12H17N3O2/c1-9(14-7-6-11(13)8-14)10-2-4-12(5-3-10)15(16)17/h2-5,9,11H,6-8,13H2,1H3. The molecule has 0 spiro atoms. The number of hydrogen-bond donors (Lipinski definition) is 1. The third-order valence-electron chi connectivity index (χ3n) is 3.39. The summed E-state index contributed by atoms with van der Waals surface area (Å²) < 4.78 is 0. The van der Waals surface area contributed by atoms with Crippen LogP contribution in [0.3, 0.4) is 0 Å². The van der Waals surface area contributed by atoms with Crippen LogP contribution in [0.25, 0.3) is 0 Å². The van der Waals surface area contributed by atoms with E-state index >= 15 is 0 Å². The van der Waals surface area contributed by atoms with Crippen LogP contribution in [0, 0.1) is 10.1 Å². The van der Waals surface area contributed by atoms with Gasteiger partial charge < -0.3 is 5.73 Å². The molecule has 0 aliphatic carbocycles. The molecule has 1 heterocycles. The number of nitrogens with two attached hydrogens (primary N) is 1. The molecule has 2 N–H and O–H groups in total. The normalized spacial score (nSPS) is 22.6. The van der Waals surface area contributed by atoms with Gasteiger partial charge in [-0.05, 0) is 18.9 Å². The number of nitro groups is 1. The minimum absolute atomic E-state index is 0.138. The molecule has 0 aromatic heterocycles. The molecule has 1 aliphatic heterocycles. The molecule has 1 aliphatic rings. The number of rotatable bonds is 3. The molecule has 2 unspecified atom stereocenters. The minimum Gasteiger partial charge on any atom is -0.326 e. The first-order valence-corrected chi connectivity index (χ1v) is 5.82. The molecule has 1 aromatic carbocycles. The van der Waals surface area contributed by atoms with Gasteiger partial charge in [0.15, 0.2) is 0 Å². The maximum atomic E-state index is 10.6. The summed E-state index contributed by atoms with van der Waals surface area (Å²) in [4.78, 5) is 12.5. The first-order chi connectivity index (χ1) is 8.08. The van der Waals surface area contributed by atoms with Gasteiger partial charge in [0.1, 0.15) is 0 Å². The molecular weight excluding hydrogens is 218 g/mol. The van der Waals surface area contributed by atoms with E-state index in [1.54, 1.807) is 12.1 Å². The SMILES string of the molecule is CC(c1ccc([N+](=O)[O-])cc1)N1CCC(N)C1. The Balaban J connectivity index is 2.09. The van der Waals surface area contributed by atoms with E-state index < -0.39 is 0 Å². The van der Waals surface area contributed by atoms with Crippen LogP contribution in [-0.2, 0) is 0 Å². The highest BCUT2D eigenvalue weighted by molar-refractivity contribution is 5.34. The zero-order valence-corrected chi connectivity index (χ0v) is 9.87. The average Bonchev–Trinajstić information content (AvgIpc) is 2.75. The zero-order chi connectivity index (χ0) is 12.4. The van der Waals surface area contributed by atoms with Crippen molar-refractivity contribution in [3.63, 3.8) is 0 Å². The second-order valence-electron chi connectivity index (χ2n) is 4.57. The Kier molecular flexibility index (Phi) is 3.40. The van der Waals surface area contributed by atoms with Gasteiger partial charge in [-0.25, -0.2) is 0 Å². The van der Waals surface area contributed by atoms with Gasteiger partial charge in [-0.15, -0.1) is 0 Å². The Bertz CT molecular complexity index is 405. The fraction of sp³-hybridized carbons (Fsp3) is 0.500. The highest BCUT2D eigenvalue weighted by Crippen LogP contribution is 2.25. The van der Waals surface area contributed by atoms with Gasteiger partial charge in [0.25, 0.3) is 5.69 Å². The quantitative estimate of drug-likeness (QED) is 0.639. The van der Waals surface area contributed by atoms with Gasteiger partial charge in [-0.3, -0.25) is 15.0 Å². The molecule has 0 amide bonds. The fourth-order valence-corrected chi connectivity index (χ4v) is 2.25. The lowest BCUT2D eigenvalue weighted by Gasteiger charge is -2.24. The van der Waals surface area contributed by atoms with Crippen LogP contribution in [0.4, 0.5) is 5.69 Å². The van der Waals surface area contributed by atoms with Crippen molar-refractivity contribution in [3.05, 3.63) is 39.9 Å². The van der Waals surface area contributed by atoms with Crippen LogP contribution in [-0.4, -0.2) is 29.0 Å². The van der Waals surface area contributed by atoms with Crippen LogP contribution < -0.4 is 5.73 Å². The Labute approximate surface area is 100 Å². The highest BCUT2D eigenvalue weighted by atomic mass is 16.6. The molecule has 0 saturated carbocycles. The minimum atomic E-state index is -0.375. The van der Waals surface area contributed by atoms with E-state index in [-0.39, 0.29) is 22.7 Å². The van der Waals surface area contributed by atoms with Gasteiger partial charge in [0, 0.05) is 37.3 Å². The van der Waals surface area contributed by atoms with Crippen molar-refractivity contribution in [2.75, 3.05) is 13.1 Å². The lowest BCUT2D eigenvalue weighted by Crippen LogP contribution is -2.28. The van der Waals surface area contributed by atoms with E-state index in [0.717, 1.165) is 25.1 Å². The van der Waals surface area contributed by atoms with E-state index in [4.69, 9.17) is 5.73 Å². The fourth-order valence-electron chi connectivity index (χ4n) is 2.25. The van der Waals surface area contributed by atoms with E-state index in [9.17, 15) is 10.1 Å². The molecule has 2 rings (SSSR count). The van der Waals surface area contributed by atoms with Gasteiger partial charge in [0.05, 0.1) is 4.92 Å². The maximum Gasteiger partial charge on any atom is 0.269 e. The summed E-state index contributed by atoms with van der Waals surface area (Å²) >= 11 is 0. The largest absolute Gasteiger partial charge is 0.326 e. The van der Waals surface area contributed by atoms with Gasteiger partial charge in [-0.2, -0.15) is 0 Å². The van der Waals surface area contributed by atoms with Crippen LogP contribution in [0.2, 0.25) is 0 Å². The zero-order valence-electron chi connectivity index (χ0n) is 9.87. The Hall–Kier alpha value is -1.46. The molecule has 1 saturated heterocycles. The Morgan fingerprint density at radius 2 is 2.12 bits per heavy atom. The van der Waals surface area contributed by atoms with Gasteiger partial charge >= 0.3 is 0 Å². The van der Waals surface area contributed by atoms with Crippen molar-refractivity contribution in [2.45, 2.75) is 25.4 Å². The van der Waals surface area contributed by atoms with Crippen molar-refractivity contribution in [1.82, 2.24) is 4.90 Å². The number of hydrogen-bond acceptors (Lipinski definition) is 4. The second kappa shape index (κ2) is 4.81. The van der Waals surface area contributed by atoms with E-state index in [0.29, 0.717) is 0 Å². The summed E-state index contributed by atoms with van der Waals surface area (Å²) in [5.41, 5.74) is 7.11. The maximum absolute atomic E-state index is 10.6. The molecule has 2 atom stereocenters. The lowest BCUT2D eigenvalue weighted by atomic mass is 10.1. The number of nitrogens with zero attached hydrogens (tertiary/aromatic N) is 2. The van der Waals surface area contributed by atoms with Gasteiger partial charge in [-0.1, -0.05) is 12.1 Å². The smallest absolute Gasteiger partial charge is 0.269 e. The van der Waals surface area contributed by atoms with Gasteiger partial charge in [0.2, 0.25) is 0 Å². The topological polar surface area (TPSA) is 72.4 Å². The Morgan fingerprint density at radius 1 is 1.47 bits per heavy atom. The van der Waals surface area contributed by atoms with Crippen molar-refractivity contribution in [2.24, 2.45) is 5.73 Å². The highest BCUT2D eigenvalue weighted by Gasteiger charge is 2.24. The predicted octanol–water partition coefficient (Wildman–Crippen LogP) is 1.69. The predicted molar refractivity (Wildman–Crippen MR) is 65.7 cm³/mol. The first kappa shape index (κ1) is 12.0. The third kappa shape index (κ3) is 2.62. The monoisotopic (exact) mass is 235 g/mol. The Morgan fingerprint density at radius 3 is 2.59 bits per heavy atom. The molecule has 17 heavy (non-hydrogen) atoms. The molecule has 1 fully saturated rings. The summed E-state index contributed by atoms with van der Waals surface area (Å²) in [6, 6.07) is 7.29. The number of non-ortho nitro benzene ring substituents is 1. The van der Waals surface area contributed by atoms with E-state index in [1.807, 2.05) is 12.1 Å². The first-order valence-electron chi connectivity index (χ1n) is 5.82. The van der Waals surface area contributed by atoms with Crippen molar-refractivity contribution < 1.29 is 4.92 Å². The number of likely N-dealkylation sites (tertiary alicyclic amines) is 1. The van der Waals surface area contributed by atoms with Crippen molar-refractivity contribution in [3.8, 4) is 0 Å². The van der Waals surface area contributed by atoms with Crippen molar-refractivity contribution in [1.29, 1.82) is 0 Å². The van der Waals surface area contributed by atoms with E-state index in [1.165, 1.54) is 0 Å². The summed E-state index contributed by atoms with van der Waals surface area (Å²) in [6.45, 7) is 4.01. The van der Waals surface area contributed by atoms with Crippen LogP contribution >= 0.6 is 0 Å².